The predicted octanol–water partition coefficient (Wildman–Crippen LogP) is 11.2. The van der Waals surface area contributed by atoms with E-state index in [9.17, 15) is 0 Å². The van der Waals surface area contributed by atoms with Gasteiger partial charge in [0.1, 0.15) is 34.5 Å². The van der Waals surface area contributed by atoms with Crippen LogP contribution in [0.5, 0.6) is 34.5 Å². The standard InChI is InChI=1S/C49H32O6/c1-3-7-26-24(5-1)9-15-35-44(26)32-21-41(50-35)52-37-17-13-30-28(46(32)37)11-19-39-48(30)34-23-43(54-39)55-40-20-12-29-31(49(34)40)14-18-38-47(29)33-22-42(53-38)51-36-16-10-25-6-2-4-8-27(25)45(33)36/h1-20,32-34,41-43H,21-23H2. The van der Waals surface area contributed by atoms with E-state index in [2.05, 4.69) is 121 Å². The molecule has 0 N–H and O–H groups in total. The second-order valence-electron chi connectivity index (χ2n) is 15.9. The molecule has 8 aromatic rings. The van der Waals surface area contributed by atoms with E-state index in [1.165, 1.54) is 76.5 Å². The first-order chi connectivity index (χ1) is 27.2. The van der Waals surface area contributed by atoms with Gasteiger partial charge in [-0.3, -0.25) is 0 Å². The first-order valence-electron chi connectivity index (χ1n) is 19.4. The number of fused-ring (bicyclic) bond motifs is 28. The van der Waals surface area contributed by atoms with Gasteiger partial charge in [0, 0.05) is 70.4 Å². The maximum absolute atomic E-state index is 6.64. The molecule has 6 heteroatoms. The fraction of sp³-hybridized carbons (Fsp3) is 0.184. The van der Waals surface area contributed by atoms with Crippen LogP contribution in [-0.2, 0) is 0 Å². The summed E-state index contributed by atoms with van der Waals surface area (Å²) < 4.78 is 39.3. The van der Waals surface area contributed by atoms with Crippen molar-refractivity contribution in [1.29, 1.82) is 0 Å². The average molecular weight is 717 g/mol. The third kappa shape index (κ3) is 3.79. The van der Waals surface area contributed by atoms with Crippen LogP contribution in [0.2, 0.25) is 0 Å². The summed E-state index contributed by atoms with van der Waals surface area (Å²) in [5, 5.41) is 9.74. The van der Waals surface area contributed by atoms with Gasteiger partial charge in [-0.15, -0.1) is 0 Å². The zero-order valence-corrected chi connectivity index (χ0v) is 29.6. The highest BCUT2D eigenvalue weighted by Crippen LogP contribution is 2.58. The molecule has 55 heavy (non-hydrogen) atoms. The van der Waals surface area contributed by atoms with Crippen molar-refractivity contribution in [2.45, 2.75) is 55.9 Å². The zero-order valence-electron chi connectivity index (χ0n) is 29.6. The highest BCUT2D eigenvalue weighted by molar-refractivity contribution is 6.00. The van der Waals surface area contributed by atoms with Crippen molar-refractivity contribution in [2.75, 3.05) is 0 Å². The van der Waals surface area contributed by atoms with Gasteiger partial charge in [-0.05, 0) is 79.5 Å². The summed E-state index contributed by atoms with van der Waals surface area (Å²) in [5.74, 6) is 5.74. The SMILES string of the molecule is c1ccc2c3c(ccc2c1)OC1CC3c2c(ccc3c4c(ccc23)OC2CC4c3c(ccc4c5c(ccc34)OC3CC5c4c(ccc5ccccc45)O3)O2)O1. The van der Waals surface area contributed by atoms with Crippen LogP contribution >= 0.6 is 0 Å². The average Bonchev–Trinajstić information content (AvgIpc) is 3.22. The lowest BCUT2D eigenvalue weighted by Gasteiger charge is -2.41. The molecule has 264 valence electrons. The van der Waals surface area contributed by atoms with Crippen LogP contribution in [0.4, 0.5) is 0 Å². The van der Waals surface area contributed by atoms with Crippen molar-refractivity contribution in [3.63, 3.8) is 0 Å². The maximum atomic E-state index is 6.64. The van der Waals surface area contributed by atoms with Gasteiger partial charge in [0.25, 0.3) is 0 Å². The highest BCUT2D eigenvalue weighted by atomic mass is 16.7. The lowest BCUT2D eigenvalue weighted by molar-refractivity contribution is -0.0267. The molecule has 6 aliphatic heterocycles. The van der Waals surface area contributed by atoms with Gasteiger partial charge in [0.15, 0.2) is 0 Å². The molecule has 6 heterocycles. The Morgan fingerprint density at radius 3 is 0.873 bits per heavy atom. The third-order valence-corrected chi connectivity index (χ3v) is 13.2. The van der Waals surface area contributed by atoms with E-state index in [4.69, 9.17) is 28.4 Å². The molecular formula is C49H32O6. The van der Waals surface area contributed by atoms with Crippen molar-refractivity contribution < 1.29 is 28.4 Å². The molecule has 0 fully saturated rings. The Morgan fingerprint density at radius 1 is 0.273 bits per heavy atom. The van der Waals surface area contributed by atoms with Crippen molar-refractivity contribution in [1.82, 2.24) is 0 Å². The smallest absolute Gasteiger partial charge is 0.242 e. The monoisotopic (exact) mass is 716 g/mol. The van der Waals surface area contributed by atoms with E-state index < -0.39 is 0 Å². The van der Waals surface area contributed by atoms with Gasteiger partial charge in [0.05, 0.1) is 0 Å². The molecule has 4 unspecified atom stereocenters. The van der Waals surface area contributed by atoms with Gasteiger partial charge in [-0.25, -0.2) is 0 Å². The molecule has 0 aliphatic carbocycles. The first kappa shape index (κ1) is 29.0. The minimum atomic E-state index is -0.356. The van der Waals surface area contributed by atoms with Gasteiger partial charge in [0.2, 0.25) is 18.9 Å². The molecule has 4 atom stereocenters. The van der Waals surface area contributed by atoms with Gasteiger partial charge in [-0.1, -0.05) is 84.9 Å². The fourth-order valence-electron chi connectivity index (χ4n) is 11.1. The lowest BCUT2D eigenvalue weighted by Crippen LogP contribution is -2.36. The summed E-state index contributed by atoms with van der Waals surface area (Å²) in [5.41, 5.74) is 7.40. The first-order valence-corrected chi connectivity index (χ1v) is 19.4. The molecule has 6 aliphatic rings. The van der Waals surface area contributed by atoms with E-state index in [1.54, 1.807) is 0 Å². The normalized spacial score (nSPS) is 24.3. The maximum Gasteiger partial charge on any atom is 0.242 e. The number of benzene rings is 8. The van der Waals surface area contributed by atoms with Crippen LogP contribution in [-0.4, -0.2) is 18.9 Å². The van der Waals surface area contributed by atoms with Crippen LogP contribution in [0.15, 0.2) is 121 Å². The quantitative estimate of drug-likeness (QED) is 0.156. The Labute approximate surface area is 315 Å². The van der Waals surface area contributed by atoms with E-state index in [1.807, 2.05) is 0 Å². The molecule has 0 amide bonds. The summed E-state index contributed by atoms with van der Waals surface area (Å²) in [7, 11) is 0. The molecule has 0 spiro atoms. The molecule has 0 saturated heterocycles. The van der Waals surface area contributed by atoms with Crippen LogP contribution in [0.25, 0.3) is 43.1 Å². The van der Waals surface area contributed by atoms with Crippen molar-refractivity contribution in [3.8, 4) is 34.5 Å². The lowest BCUT2D eigenvalue weighted by atomic mass is 9.75. The Morgan fingerprint density at radius 2 is 0.545 bits per heavy atom. The molecule has 0 aromatic heterocycles. The van der Waals surface area contributed by atoms with Crippen molar-refractivity contribution in [3.05, 3.63) is 155 Å². The van der Waals surface area contributed by atoms with E-state index in [0.29, 0.717) is 0 Å². The predicted molar refractivity (Wildman–Crippen MR) is 210 cm³/mol. The van der Waals surface area contributed by atoms with Crippen LogP contribution in [0.3, 0.4) is 0 Å². The minimum absolute atomic E-state index is 0.0705. The summed E-state index contributed by atoms with van der Waals surface area (Å²) in [6, 6.07) is 43.4. The van der Waals surface area contributed by atoms with Crippen molar-refractivity contribution in [2.24, 2.45) is 0 Å². The number of hydrogen-bond donors (Lipinski definition) is 0. The third-order valence-electron chi connectivity index (χ3n) is 13.2. The highest BCUT2D eigenvalue weighted by Gasteiger charge is 2.44. The molecule has 14 rings (SSSR count). The topological polar surface area (TPSA) is 55.4 Å². The van der Waals surface area contributed by atoms with Crippen LogP contribution in [0, 0.1) is 0 Å². The van der Waals surface area contributed by atoms with E-state index in [0.717, 1.165) is 53.8 Å². The Balaban J connectivity index is 0.979. The molecule has 8 aromatic carbocycles. The Kier molecular flexibility index (Phi) is 5.39. The van der Waals surface area contributed by atoms with E-state index in [-0.39, 0.29) is 36.6 Å². The second-order valence-corrected chi connectivity index (χ2v) is 15.9. The fourth-order valence-corrected chi connectivity index (χ4v) is 11.1. The molecule has 0 saturated carbocycles. The summed E-state index contributed by atoms with van der Waals surface area (Å²) in [6.45, 7) is 0. The van der Waals surface area contributed by atoms with Crippen LogP contribution < -0.4 is 28.4 Å². The number of ether oxygens (including phenoxy) is 6. The summed E-state index contributed by atoms with van der Waals surface area (Å²) in [4.78, 5) is 0. The zero-order chi connectivity index (χ0) is 35.5. The second kappa shape index (κ2) is 10.2. The van der Waals surface area contributed by atoms with Gasteiger partial charge in [-0.2, -0.15) is 0 Å². The summed E-state index contributed by atoms with van der Waals surface area (Å²) >= 11 is 0. The molecule has 6 nitrogen and oxygen atoms in total. The van der Waals surface area contributed by atoms with Gasteiger partial charge < -0.3 is 28.4 Å². The largest absolute Gasteiger partial charge is 0.455 e. The minimum Gasteiger partial charge on any atom is -0.455 e. The molecule has 0 radical (unpaired) electrons. The number of rotatable bonds is 0. The van der Waals surface area contributed by atoms with Crippen molar-refractivity contribution >= 4 is 43.1 Å². The molecule has 6 bridgehead atoms. The Bertz CT molecular complexity index is 2840. The number of hydrogen-bond acceptors (Lipinski definition) is 6. The van der Waals surface area contributed by atoms with Gasteiger partial charge >= 0.3 is 0 Å². The van der Waals surface area contributed by atoms with E-state index >= 15 is 0 Å². The molecular weight excluding hydrogens is 685 g/mol. The summed E-state index contributed by atoms with van der Waals surface area (Å²) in [6.07, 6.45) is 1.29. The van der Waals surface area contributed by atoms with Crippen LogP contribution in [0.1, 0.15) is 70.4 Å². The Hall–Kier alpha value is -6.40.